The quantitative estimate of drug-likeness (QED) is 0.796. The number of nitrogens with zero attached hydrogens (tertiary/aromatic N) is 2. The summed E-state index contributed by atoms with van der Waals surface area (Å²) < 4.78 is 11.1. The van der Waals surface area contributed by atoms with Gasteiger partial charge in [0.1, 0.15) is 0 Å². The number of ether oxygens (including phenoxy) is 1. The minimum atomic E-state index is 0.181. The highest BCUT2D eigenvalue weighted by Gasteiger charge is 2.31. The highest BCUT2D eigenvalue weighted by Crippen LogP contribution is 2.26. The molecular weight excluding hydrogens is 286 g/mol. The first-order valence-electron chi connectivity index (χ1n) is 7.99. The van der Waals surface area contributed by atoms with Crippen LogP contribution in [0.1, 0.15) is 57.7 Å². The van der Waals surface area contributed by atoms with Crippen LogP contribution in [-0.4, -0.2) is 41.2 Å². The molecule has 1 aliphatic heterocycles. The fraction of sp³-hybridized carbons (Fsp3) is 0.867. The third kappa shape index (κ3) is 4.97. The van der Waals surface area contributed by atoms with Gasteiger partial charge >= 0.3 is 0 Å². The molecule has 3 unspecified atom stereocenters. The van der Waals surface area contributed by atoms with Crippen molar-refractivity contribution < 1.29 is 9.26 Å². The van der Waals surface area contributed by atoms with Crippen LogP contribution in [0.3, 0.4) is 0 Å². The zero-order valence-electron chi connectivity index (χ0n) is 13.3. The molecule has 0 aliphatic carbocycles. The molecule has 0 bridgehead atoms. The highest BCUT2D eigenvalue weighted by atomic mass is 32.2. The Morgan fingerprint density at radius 1 is 1.43 bits per heavy atom. The van der Waals surface area contributed by atoms with Crippen molar-refractivity contribution in [1.29, 1.82) is 0 Å². The van der Waals surface area contributed by atoms with Gasteiger partial charge in [0.15, 0.2) is 5.82 Å². The molecule has 5 nitrogen and oxygen atoms in total. The molecule has 1 N–H and O–H groups in total. The lowest BCUT2D eigenvalue weighted by atomic mass is 9.95. The van der Waals surface area contributed by atoms with E-state index >= 15 is 0 Å². The van der Waals surface area contributed by atoms with Crippen molar-refractivity contribution in [3.8, 4) is 0 Å². The zero-order valence-corrected chi connectivity index (χ0v) is 14.1. The van der Waals surface area contributed by atoms with Gasteiger partial charge in [-0.3, -0.25) is 0 Å². The van der Waals surface area contributed by atoms with Crippen molar-refractivity contribution >= 4 is 11.8 Å². The molecule has 21 heavy (non-hydrogen) atoms. The van der Waals surface area contributed by atoms with E-state index in [2.05, 4.69) is 36.2 Å². The van der Waals surface area contributed by atoms with E-state index in [-0.39, 0.29) is 5.92 Å². The number of nitrogens with one attached hydrogen (secondary N) is 1. The molecule has 2 rings (SSSR count). The Labute approximate surface area is 131 Å². The van der Waals surface area contributed by atoms with E-state index in [0.29, 0.717) is 17.9 Å². The molecule has 1 fully saturated rings. The molecule has 2 heterocycles. The van der Waals surface area contributed by atoms with Gasteiger partial charge in [0.05, 0.1) is 18.3 Å². The molecule has 1 aromatic rings. The minimum absolute atomic E-state index is 0.181. The fourth-order valence-corrected chi connectivity index (χ4v) is 3.15. The summed E-state index contributed by atoms with van der Waals surface area (Å²) in [5, 5.41) is 8.33. The summed E-state index contributed by atoms with van der Waals surface area (Å²) >= 11 is 1.87. The standard InChI is InChI=1S/C15H27N3O2S/c1-4-7-16-13-6-8-19-9-12(13)15-17-14(18-20-15)10-21-11(3)5-2/h11-13,16H,4-10H2,1-3H3. The molecule has 0 amide bonds. The summed E-state index contributed by atoms with van der Waals surface area (Å²) in [5.41, 5.74) is 0. The van der Waals surface area contributed by atoms with Crippen molar-refractivity contribution in [2.45, 2.75) is 63.0 Å². The van der Waals surface area contributed by atoms with Crippen LogP contribution < -0.4 is 5.32 Å². The number of rotatable bonds is 8. The smallest absolute Gasteiger partial charge is 0.233 e. The van der Waals surface area contributed by atoms with Crippen molar-refractivity contribution in [3.63, 3.8) is 0 Å². The van der Waals surface area contributed by atoms with Gasteiger partial charge in [-0.05, 0) is 25.8 Å². The van der Waals surface area contributed by atoms with Crippen LogP contribution in [0.25, 0.3) is 0 Å². The monoisotopic (exact) mass is 313 g/mol. The van der Waals surface area contributed by atoms with Gasteiger partial charge in [0.2, 0.25) is 5.89 Å². The molecule has 3 atom stereocenters. The first-order valence-corrected chi connectivity index (χ1v) is 9.04. The predicted octanol–water partition coefficient (Wildman–Crippen LogP) is 2.97. The average Bonchev–Trinajstić information content (AvgIpc) is 2.99. The van der Waals surface area contributed by atoms with E-state index in [9.17, 15) is 0 Å². The summed E-state index contributed by atoms with van der Waals surface area (Å²) in [6, 6.07) is 0.384. The van der Waals surface area contributed by atoms with Crippen LogP contribution in [0.15, 0.2) is 4.52 Å². The van der Waals surface area contributed by atoms with Gasteiger partial charge in [-0.2, -0.15) is 16.7 Å². The zero-order chi connectivity index (χ0) is 15.1. The van der Waals surface area contributed by atoms with Gasteiger partial charge < -0.3 is 14.6 Å². The van der Waals surface area contributed by atoms with Crippen LogP contribution in [0.2, 0.25) is 0 Å². The van der Waals surface area contributed by atoms with Crippen LogP contribution in [0.4, 0.5) is 0 Å². The van der Waals surface area contributed by atoms with E-state index < -0.39 is 0 Å². The van der Waals surface area contributed by atoms with Crippen molar-refractivity contribution in [2.75, 3.05) is 19.8 Å². The van der Waals surface area contributed by atoms with Crippen molar-refractivity contribution in [1.82, 2.24) is 15.5 Å². The second-order valence-corrected chi connectivity index (χ2v) is 7.04. The van der Waals surface area contributed by atoms with Gasteiger partial charge in [-0.25, -0.2) is 0 Å². The summed E-state index contributed by atoms with van der Waals surface area (Å²) in [6.07, 6.45) is 3.30. The Morgan fingerprint density at radius 2 is 2.29 bits per heavy atom. The van der Waals surface area contributed by atoms with Crippen molar-refractivity contribution in [3.05, 3.63) is 11.7 Å². The maximum Gasteiger partial charge on any atom is 0.233 e. The normalized spacial score (nSPS) is 24.1. The first kappa shape index (κ1) is 16.8. The SMILES string of the molecule is CCCNC1CCOCC1c1nc(CSC(C)CC)no1. The Kier molecular flexibility index (Phi) is 6.99. The summed E-state index contributed by atoms with van der Waals surface area (Å²) in [6.45, 7) is 9.10. The lowest BCUT2D eigenvalue weighted by molar-refractivity contribution is 0.0498. The molecule has 1 aliphatic rings. The lowest BCUT2D eigenvalue weighted by Crippen LogP contribution is -2.41. The Bertz CT molecular complexity index is 413. The molecule has 120 valence electrons. The summed E-state index contributed by atoms with van der Waals surface area (Å²) in [4.78, 5) is 4.58. The van der Waals surface area contributed by atoms with Gasteiger partial charge in [0.25, 0.3) is 0 Å². The molecule has 1 saturated heterocycles. The van der Waals surface area contributed by atoms with E-state index in [0.717, 1.165) is 49.9 Å². The number of thioether (sulfide) groups is 1. The van der Waals surface area contributed by atoms with Crippen LogP contribution in [0, 0.1) is 0 Å². The van der Waals surface area contributed by atoms with Gasteiger partial charge in [-0.15, -0.1) is 0 Å². The average molecular weight is 313 g/mol. The van der Waals surface area contributed by atoms with E-state index in [1.165, 1.54) is 0 Å². The molecule has 0 aromatic carbocycles. The van der Waals surface area contributed by atoms with E-state index in [1.54, 1.807) is 0 Å². The summed E-state index contributed by atoms with van der Waals surface area (Å²) in [7, 11) is 0. The Balaban J connectivity index is 1.94. The molecule has 6 heteroatoms. The third-order valence-corrected chi connectivity index (χ3v) is 5.21. The van der Waals surface area contributed by atoms with E-state index in [1.807, 2.05) is 11.8 Å². The van der Waals surface area contributed by atoms with Crippen molar-refractivity contribution in [2.24, 2.45) is 0 Å². The second kappa shape index (κ2) is 8.76. The highest BCUT2D eigenvalue weighted by molar-refractivity contribution is 7.99. The molecule has 1 aromatic heterocycles. The second-order valence-electron chi connectivity index (χ2n) is 5.61. The number of aromatic nitrogens is 2. The number of hydrogen-bond acceptors (Lipinski definition) is 6. The molecule has 0 radical (unpaired) electrons. The predicted molar refractivity (Wildman–Crippen MR) is 85.6 cm³/mol. The van der Waals surface area contributed by atoms with Crippen LogP contribution in [-0.2, 0) is 10.5 Å². The number of hydrogen-bond donors (Lipinski definition) is 1. The molecule has 0 spiro atoms. The Hall–Kier alpha value is -0.590. The van der Waals surface area contributed by atoms with Gasteiger partial charge in [0, 0.05) is 17.9 Å². The molecular formula is C15H27N3O2S. The minimum Gasteiger partial charge on any atom is -0.381 e. The topological polar surface area (TPSA) is 60.2 Å². The Morgan fingerprint density at radius 3 is 3.05 bits per heavy atom. The van der Waals surface area contributed by atoms with E-state index in [4.69, 9.17) is 9.26 Å². The van der Waals surface area contributed by atoms with Gasteiger partial charge in [-0.1, -0.05) is 25.9 Å². The first-order chi connectivity index (χ1) is 10.2. The maximum atomic E-state index is 5.60. The largest absolute Gasteiger partial charge is 0.381 e. The lowest BCUT2D eigenvalue weighted by Gasteiger charge is -2.29. The maximum absolute atomic E-state index is 5.60. The third-order valence-electron chi connectivity index (χ3n) is 3.89. The fourth-order valence-electron chi connectivity index (χ4n) is 2.37. The van der Waals surface area contributed by atoms with Crippen LogP contribution >= 0.6 is 11.8 Å². The summed E-state index contributed by atoms with van der Waals surface area (Å²) in [5.74, 6) is 2.53. The molecule has 0 saturated carbocycles. The van der Waals surface area contributed by atoms with Crippen LogP contribution in [0.5, 0.6) is 0 Å².